The molecule has 0 saturated carbocycles. The molecule has 0 spiro atoms. The fourth-order valence-corrected chi connectivity index (χ4v) is 3.85. The van der Waals surface area contributed by atoms with Crippen molar-refractivity contribution in [2.75, 3.05) is 26.7 Å². The normalized spacial score (nSPS) is 25.4. The number of nitrogens with zero attached hydrogens (tertiary/aromatic N) is 1. The first-order chi connectivity index (χ1) is 10.8. The molecule has 4 heteroatoms. The molecule has 1 amide bonds. The van der Waals surface area contributed by atoms with Gasteiger partial charge in [-0.1, -0.05) is 18.6 Å². The van der Waals surface area contributed by atoms with Gasteiger partial charge in [-0.05, 0) is 56.0 Å². The maximum Gasteiger partial charge on any atom is 0.254 e. The quantitative estimate of drug-likeness (QED) is 0.932. The van der Waals surface area contributed by atoms with Crippen molar-refractivity contribution in [1.82, 2.24) is 10.2 Å². The summed E-state index contributed by atoms with van der Waals surface area (Å²) in [5.74, 6) is 0.805. The van der Waals surface area contributed by atoms with E-state index in [1.165, 1.54) is 12.8 Å². The topological polar surface area (TPSA) is 41.6 Å². The highest BCUT2D eigenvalue weighted by Crippen LogP contribution is 2.28. The third kappa shape index (κ3) is 3.33. The Morgan fingerprint density at radius 3 is 3.14 bits per heavy atom. The molecule has 22 heavy (non-hydrogen) atoms. The molecule has 0 unspecified atom stereocenters. The molecule has 2 aliphatic heterocycles. The Balaban J connectivity index is 1.81. The largest absolute Gasteiger partial charge is 0.380 e. The molecule has 3 rings (SSSR count). The number of amides is 1. The van der Waals surface area contributed by atoms with E-state index >= 15 is 0 Å². The van der Waals surface area contributed by atoms with Crippen molar-refractivity contribution in [2.45, 2.75) is 38.3 Å². The van der Waals surface area contributed by atoms with Crippen molar-refractivity contribution >= 4 is 5.91 Å². The van der Waals surface area contributed by atoms with Crippen LogP contribution >= 0.6 is 0 Å². The second-order valence-electron chi connectivity index (χ2n) is 6.45. The number of hydrogen-bond acceptors (Lipinski definition) is 3. The third-order valence-electron chi connectivity index (χ3n) is 4.94. The molecular weight excluding hydrogens is 276 g/mol. The smallest absolute Gasteiger partial charge is 0.254 e. The van der Waals surface area contributed by atoms with Crippen LogP contribution in [0.1, 0.15) is 41.6 Å². The fourth-order valence-electron chi connectivity index (χ4n) is 3.85. The molecule has 2 saturated heterocycles. The van der Waals surface area contributed by atoms with Gasteiger partial charge in [0.05, 0.1) is 6.61 Å². The molecule has 0 aliphatic carbocycles. The van der Waals surface area contributed by atoms with Crippen LogP contribution in [0.25, 0.3) is 0 Å². The van der Waals surface area contributed by atoms with E-state index in [1.54, 1.807) is 7.11 Å². The Bertz CT molecular complexity index is 518. The van der Waals surface area contributed by atoms with E-state index < -0.39 is 0 Å². The number of carbonyl (C=O) groups is 1. The van der Waals surface area contributed by atoms with Crippen LogP contribution in [0.2, 0.25) is 0 Å². The third-order valence-corrected chi connectivity index (χ3v) is 4.94. The summed E-state index contributed by atoms with van der Waals surface area (Å²) >= 11 is 0. The summed E-state index contributed by atoms with van der Waals surface area (Å²) < 4.78 is 5.18. The van der Waals surface area contributed by atoms with Gasteiger partial charge in [-0.3, -0.25) is 4.79 Å². The number of carbonyl (C=O) groups excluding carboxylic acids is 1. The lowest BCUT2D eigenvalue weighted by Crippen LogP contribution is -2.51. The predicted octanol–water partition coefficient (Wildman–Crippen LogP) is 2.44. The summed E-state index contributed by atoms with van der Waals surface area (Å²) in [5.41, 5.74) is 1.86. The average molecular weight is 302 g/mol. The monoisotopic (exact) mass is 302 g/mol. The average Bonchev–Trinajstić information content (AvgIpc) is 2.77. The van der Waals surface area contributed by atoms with Gasteiger partial charge in [0.25, 0.3) is 5.91 Å². The highest BCUT2D eigenvalue weighted by molar-refractivity contribution is 5.94. The Kier molecular flexibility index (Phi) is 5.11. The lowest BCUT2D eigenvalue weighted by molar-refractivity contribution is 0.0586. The number of piperidine rings is 1. The van der Waals surface area contributed by atoms with Crippen LogP contribution in [0.4, 0.5) is 0 Å². The molecule has 1 aromatic rings. The summed E-state index contributed by atoms with van der Waals surface area (Å²) in [7, 11) is 1.68. The molecule has 4 nitrogen and oxygen atoms in total. The molecule has 0 bridgehead atoms. The molecular formula is C18H26N2O2. The van der Waals surface area contributed by atoms with Crippen LogP contribution < -0.4 is 5.32 Å². The van der Waals surface area contributed by atoms with Crippen LogP contribution in [-0.4, -0.2) is 43.6 Å². The minimum Gasteiger partial charge on any atom is -0.380 e. The van der Waals surface area contributed by atoms with E-state index in [0.717, 1.165) is 43.6 Å². The van der Waals surface area contributed by atoms with Crippen LogP contribution in [-0.2, 0) is 11.3 Å². The molecule has 1 aromatic carbocycles. The predicted molar refractivity (Wildman–Crippen MR) is 86.8 cm³/mol. The molecule has 0 radical (unpaired) electrons. The number of benzene rings is 1. The van der Waals surface area contributed by atoms with E-state index in [9.17, 15) is 4.79 Å². The first-order valence-corrected chi connectivity index (χ1v) is 8.39. The van der Waals surface area contributed by atoms with Crippen molar-refractivity contribution in [1.29, 1.82) is 0 Å². The summed E-state index contributed by atoms with van der Waals surface area (Å²) in [5, 5.41) is 3.48. The highest BCUT2D eigenvalue weighted by Gasteiger charge is 2.34. The van der Waals surface area contributed by atoms with Gasteiger partial charge in [-0.25, -0.2) is 0 Å². The molecule has 0 aromatic heterocycles. The van der Waals surface area contributed by atoms with Gasteiger partial charge in [0, 0.05) is 25.3 Å². The number of rotatable bonds is 3. The molecule has 120 valence electrons. The van der Waals surface area contributed by atoms with E-state index in [1.807, 2.05) is 24.3 Å². The molecule has 2 atom stereocenters. The number of likely N-dealkylation sites (tertiary alicyclic amines) is 1. The first kappa shape index (κ1) is 15.5. The number of methoxy groups -OCH3 is 1. The van der Waals surface area contributed by atoms with Crippen molar-refractivity contribution in [3.05, 3.63) is 35.4 Å². The SMILES string of the molecule is COCc1cccc(C(=O)N2CCCC[C@H]3CNCC[C@H]32)c1. The number of ether oxygens (including phenoxy) is 1. The van der Waals surface area contributed by atoms with Gasteiger partial charge in [-0.15, -0.1) is 0 Å². The Hall–Kier alpha value is -1.39. The minimum absolute atomic E-state index is 0.191. The van der Waals surface area contributed by atoms with Crippen LogP contribution in [0, 0.1) is 5.92 Å². The maximum absolute atomic E-state index is 13.0. The molecule has 1 N–H and O–H groups in total. The Labute approximate surface area is 132 Å². The number of fused-ring (bicyclic) bond motifs is 1. The van der Waals surface area contributed by atoms with E-state index in [4.69, 9.17) is 4.74 Å². The lowest BCUT2D eigenvalue weighted by Gasteiger charge is -2.38. The van der Waals surface area contributed by atoms with Crippen molar-refractivity contribution in [3.63, 3.8) is 0 Å². The second kappa shape index (κ2) is 7.25. The second-order valence-corrected chi connectivity index (χ2v) is 6.45. The Morgan fingerprint density at radius 2 is 2.27 bits per heavy atom. The maximum atomic E-state index is 13.0. The minimum atomic E-state index is 0.191. The zero-order valence-corrected chi connectivity index (χ0v) is 13.4. The summed E-state index contributed by atoms with van der Waals surface area (Å²) in [4.78, 5) is 15.2. The fraction of sp³-hybridized carbons (Fsp3) is 0.611. The van der Waals surface area contributed by atoms with Crippen molar-refractivity contribution < 1.29 is 9.53 Å². The van der Waals surface area contributed by atoms with Crippen LogP contribution in [0.3, 0.4) is 0 Å². The van der Waals surface area contributed by atoms with Crippen LogP contribution in [0.15, 0.2) is 24.3 Å². The summed E-state index contributed by atoms with van der Waals surface area (Å²) in [6.45, 7) is 3.53. The zero-order valence-electron chi connectivity index (χ0n) is 13.4. The summed E-state index contributed by atoms with van der Waals surface area (Å²) in [6, 6.07) is 8.28. The van der Waals surface area contributed by atoms with E-state index in [2.05, 4.69) is 10.2 Å². The molecule has 2 fully saturated rings. The van der Waals surface area contributed by atoms with Gasteiger partial charge < -0.3 is 15.0 Å². The molecule has 2 heterocycles. The summed E-state index contributed by atoms with van der Waals surface area (Å²) in [6.07, 6.45) is 4.67. The Morgan fingerprint density at radius 1 is 1.36 bits per heavy atom. The lowest BCUT2D eigenvalue weighted by atomic mass is 9.89. The first-order valence-electron chi connectivity index (χ1n) is 8.39. The van der Waals surface area contributed by atoms with E-state index in [-0.39, 0.29) is 5.91 Å². The van der Waals surface area contributed by atoms with Crippen molar-refractivity contribution in [3.8, 4) is 0 Å². The van der Waals surface area contributed by atoms with Gasteiger partial charge >= 0.3 is 0 Å². The zero-order chi connectivity index (χ0) is 15.4. The standard InChI is InChI=1S/C18H26N2O2/c1-22-13-14-5-4-7-15(11-14)18(21)20-10-3-2-6-16-12-19-9-8-17(16)20/h4-5,7,11,16-17,19H,2-3,6,8-10,12-13H2,1H3/t16-,17+/m0/s1. The van der Waals surface area contributed by atoms with Gasteiger partial charge in [0.2, 0.25) is 0 Å². The van der Waals surface area contributed by atoms with Gasteiger partial charge in [0.15, 0.2) is 0 Å². The van der Waals surface area contributed by atoms with Crippen molar-refractivity contribution in [2.24, 2.45) is 5.92 Å². The molecule has 2 aliphatic rings. The number of nitrogens with one attached hydrogen (secondary N) is 1. The van der Waals surface area contributed by atoms with Crippen LogP contribution in [0.5, 0.6) is 0 Å². The van der Waals surface area contributed by atoms with Gasteiger partial charge in [-0.2, -0.15) is 0 Å². The highest BCUT2D eigenvalue weighted by atomic mass is 16.5. The van der Waals surface area contributed by atoms with E-state index in [0.29, 0.717) is 18.6 Å². The van der Waals surface area contributed by atoms with Gasteiger partial charge in [0.1, 0.15) is 0 Å². The number of hydrogen-bond donors (Lipinski definition) is 1.